The molecule has 2 N–H and O–H groups in total. The van der Waals surface area contributed by atoms with Gasteiger partial charge in [0.05, 0.1) is 12.5 Å². The number of amides is 1. The first-order valence-electron chi connectivity index (χ1n) is 12.1. The fourth-order valence-electron chi connectivity index (χ4n) is 4.45. The highest BCUT2D eigenvalue weighted by Crippen LogP contribution is 2.27. The molecule has 4 rings (SSSR count). The van der Waals surface area contributed by atoms with Crippen molar-refractivity contribution in [3.8, 4) is 12.3 Å². The summed E-state index contributed by atoms with van der Waals surface area (Å²) in [7, 11) is 0. The van der Waals surface area contributed by atoms with Gasteiger partial charge in [-0.15, -0.1) is 6.42 Å². The third-order valence-corrected chi connectivity index (χ3v) is 6.15. The summed E-state index contributed by atoms with van der Waals surface area (Å²) in [5, 5.41) is 10.5. The molecule has 1 fully saturated rings. The molecule has 2 atom stereocenters. The first-order valence-corrected chi connectivity index (χ1v) is 12.1. The second kappa shape index (κ2) is 12.1. The van der Waals surface area contributed by atoms with Crippen LogP contribution in [0.1, 0.15) is 24.5 Å². The third-order valence-electron chi connectivity index (χ3n) is 6.15. The van der Waals surface area contributed by atoms with E-state index in [0.717, 1.165) is 22.3 Å². The molecule has 0 spiro atoms. The number of anilines is 2. The van der Waals surface area contributed by atoms with Crippen LogP contribution >= 0.6 is 0 Å². The lowest BCUT2D eigenvalue weighted by molar-refractivity contribution is -0.151. The molecule has 3 aromatic rings. The number of terminal acetylenes is 1. The molecule has 1 unspecified atom stereocenters. The number of carbonyl (C=O) groups excluding carboxylic acids is 2. The molecule has 0 radical (unpaired) electrons. The zero-order valence-corrected chi connectivity index (χ0v) is 20.7. The number of hydrogen-bond acceptors (Lipinski definition) is 8. The maximum atomic E-state index is 12.8. The number of alkyl carbamates (subject to hydrolysis) is 1. The van der Waals surface area contributed by atoms with Crippen LogP contribution in [0, 0.1) is 18.3 Å². The Kier molecular flexibility index (Phi) is 8.38. The molecular weight excluding hydrogens is 472 g/mol. The molecular formula is C27H30N6O4. The summed E-state index contributed by atoms with van der Waals surface area (Å²) in [6, 6.07) is 9.15. The van der Waals surface area contributed by atoms with Crippen molar-refractivity contribution in [2.45, 2.75) is 25.9 Å². The predicted molar refractivity (Wildman–Crippen MR) is 139 cm³/mol. The third kappa shape index (κ3) is 6.26. The van der Waals surface area contributed by atoms with Crippen molar-refractivity contribution in [1.82, 2.24) is 24.8 Å². The molecule has 1 aliphatic rings. The first kappa shape index (κ1) is 25.7. The number of esters is 1. The molecule has 0 bridgehead atoms. The van der Waals surface area contributed by atoms with Crippen LogP contribution in [0.4, 0.5) is 16.3 Å². The Balaban J connectivity index is 1.52. The SMILES string of the molecule is C#Cc1cccc(Nc2ncnn3ccc(CN4CCC(NC(=O)OCC=C)[C@@H](C(=O)OCC)C4)c23)c1. The van der Waals surface area contributed by atoms with Gasteiger partial charge in [0.2, 0.25) is 0 Å². The average Bonchev–Trinajstić information content (AvgIpc) is 3.32. The second-order valence-electron chi connectivity index (χ2n) is 8.61. The molecule has 1 aromatic carbocycles. The number of likely N-dealkylation sites (tertiary alicyclic amines) is 1. The number of hydrogen-bond donors (Lipinski definition) is 2. The highest BCUT2D eigenvalue weighted by molar-refractivity contribution is 5.77. The smallest absolute Gasteiger partial charge is 0.407 e. The maximum Gasteiger partial charge on any atom is 0.407 e. The molecule has 10 heteroatoms. The number of nitrogens with zero attached hydrogens (tertiary/aromatic N) is 4. The number of ether oxygens (including phenoxy) is 2. The maximum absolute atomic E-state index is 12.8. The summed E-state index contributed by atoms with van der Waals surface area (Å²) in [4.78, 5) is 31.5. The van der Waals surface area contributed by atoms with Gasteiger partial charge in [-0.1, -0.05) is 24.6 Å². The minimum absolute atomic E-state index is 0.0992. The Morgan fingerprint density at radius 1 is 1.32 bits per heavy atom. The highest BCUT2D eigenvalue weighted by atomic mass is 16.5. The largest absolute Gasteiger partial charge is 0.466 e. The van der Waals surface area contributed by atoms with Gasteiger partial charge < -0.3 is 20.1 Å². The summed E-state index contributed by atoms with van der Waals surface area (Å²) in [5.41, 5.74) is 3.41. The van der Waals surface area contributed by atoms with Crippen LogP contribution in [-0.2, 0) is 20.8 Å². The molecule has 3 heterocycles. The number of piperidine rings is 1. The molecule has 1 aliphatic heterocycles. The second-order valence-corrected chi connectivity index (χ2v) is 8.61. The minimum Gasteiger partial charge on any atom is -0.466 e. The summed E-state index contributed by atoms with van der Waals surface area (Å²) in [6.45, 7) is 7.32. The summed E-state index contributed by atoms with van der Waals surface area (Å²) < 4.78 is 12.1. The van der Waals surface area contributed by atoms with Crippen molar-refractivity contribution >= 4 is 29.1 Å². The minimum atomic E-state index is -0.576. The molecule has 0 saturated carbocycles. The van der Waals surface area contributed by atoms with Gasteiger partial charge in [-0.3, -0.25) is 9.69 Å². The lowest BCUT2D eigenvalue weighted by Gasteiger charge is -2.37. The van der Waals surface area contributed by atoms with Crippen molar-refractivity contribution in [1.29, 1.82) is 0 Å². The van der Waals surface area contributed by atoms with E-state index < -0.39 is 12.0 Å². The Bertz CT molecular complexity index is 1310. The van der Waals surface area contributed by atoms with E-state index in [1.165, 1.54) is 12.4 Å². The van der Waals surface area contributed by atoms with E-state index in [-0.39, 0.29) is 25.2 Å². The number of carbonyl (C=O) groups is 2. The summed E-state index contributed by atoms with van der Waals surface area (Å²) >= 11 is 0. The van der Waals surface area contributed by atoms with Crippen LogP contribution in [0.25, 0.3) is 5.52 Å². The fourth-order valence-corrected chi connectivity index (χ4v) is 4.45. The van der Waals surface area contributed by atoms with Crippen LogP contribution < -0.4 is 10.6 Å². The number of nitrogens with one attached hydrogen (secondary N) is 2. The van der Waals surface area contributed by atoms with Crippen LogP contribution in [0.3, 0.4) is 0 Å². The lowest BCUT2D eigenvalue weighted by atomic mass is 9.92. The van der Waals surface area contributed by atoms with E-state index in [0.29, 0.717) is 31.9 Å². The summed E-state index contributed by atoms with van der Waals surface area (Å²) in [5.74, 6) is 2.41. The average molecular weight is 503 g/mol. The Morgan fingerprint density at radius 2 is 2.19 bits per heavy atom. The molecule has 10 nitrogen and oxygen atoms in total. The molecule has 0 aliphatic carbocycles. The molecule has 192 valence electrons. The van der Waals surface area contributed by atoms with Gasteiger partial charge in [-0.2, -0.15) is 5.10 Å². The molecule has 1 saturated heterocycles. The number of aromatic nitrogens is 3. The number of benzene rings is 1. The van der Waals surface area contributed by atoms with Crippen LogP contribution in [0.5, 0.6) is 0 Å². The molecule has 2 aromatic heterocycles. The van der Waals surface area contributed by atoms with Crippen molar-refractivity contribution in [3.05, 3.63) is 66.6 Å². The highest BCUT2D eigenvalue weighted by Gasteiger charge is 2.37. The van der Waals surface area contributed by atoms with E-state index in [9.17, 15) is 9.59 Å². The van der Waals surface area contributed by atoms with Crippen LogP contribution in [0.15, 0.2) is 55.5 Å². The van der Waals surface area contributed by atoms with E-state index in [4.69, 9.17) is 15.9 Å². The van der Waals surface area contributed by atoms with E-state index in [1.54, 1.807) is 11.4 Å². The van der Waals surface area contributed by atoms with Gasteiger partial charge in [0.1, 0.15) is 18.5 Å². The quantitative estimate of drug-likeness (QED) is 0.261. The Hall–Kier alpha value is -4.36. The van der Waals surface area contributed by atoms with Gasteiger partial charge >= 0.3 is 12.1 Å². The Morgan fingerprint density at radius 3 is 2.97 bits per heavy atom. The van der Waals surface area contributed by atoms with E-state index in [2.05, 4.69) is 38.1 Å². The van der Waals surface area contributed by atoms with Crippen molar-refractivity contribution in [3.63, 3.8) is 0 Å². The van der Waals surface area contributed by atoms with Crippen LogP contribution in [0.2, 0.25) is 0 Å². The van der Waals surface area contributed by atoms with Gasteiger partial charge in [-0.05, 0) is 43.2 Å². The lowest BCUT2D eigenvalue weighted by Crippen LogP contribution is -2.53. The van der Waals surface area contributed by atoms with Gasteiger partial charge in [-0.25, -0.2) is 14.3 Å². The molecule has 1 amide bonds. The topological polar surface area (TPSA) is 110 Å². The van der Waals surface area contributed by atoms with Crippen LogP contribution in [-0.4, -0.2) is 63.9 Å². The first-order chi connectivity index (χ1) is 18.0. The van der Waals surface area contributed by atoms with Gasteiger partial charge in [0.25, 0.3) is 0 Å². The van der Waals surface area contributed by atoms with Gasteiger partial charge in [0.15, 0.2) is 5.82 Å². The van der Waals surface area contributed by atoms with Gasteiger partial charge in [0, 0.05) is 43.1 Å². The fraction of sp³-hybridized carbons (Fsp3) is 0.333. The summed E-state index contributed by atoms with van der Waals surface area (Å²) in [6.07, 6.45) is 10.4. The standard InChI is InChI=1S/C27H30N6O4/c1-4-14-37-27(35)31-23-11-12-32(17-22(23)26(34)36-6-3)16-20-10-13-33-24(20)25(28-18-29-33)30-21-9-7-8-19(5-2)15-21/h2,4,7-10,13,15,18,22-23H,1,6,11-12,14,16-17H2,3H3,(H,31,35)(H,28,29,30)/t22-,23?/m0/s1. The monoisotopic (exact) mass is 502 g/mol. The number of rotatable bonds is 9. The van der Waals surface area contributed by atoms with Crippen molar-refractivity contribution in [2.24, 2.45) is 5.92 Å². The van der Waals surface area contributed by atoms with Crippen molar-refractivity contribution < 1.29 is 19.1 Å². The molecule has 37 heavy (non-hydrogen) atoms. The predicted octanol–water partition coefficient (Wildman–Crippen LogP) is 3.12. The van der Waals surface area contributed by atoms with E-state index >= 15 is 0 Å². The number of fused-ring (bicyclic) bond motifs is 1. The Labute approximate surface area is 215 Å². The zero-order chi connectivity index (χ0) is 26.2. The zero-order valence-electron chi connectivity index (χ0n) is 20.7. The van der Waals surface area contributed by atoms with E-state index in [1.807, 2.05) is 36.5 Å². The van der Waals surface area contributed by atoms with Crippen molar-refractivity contribution in [2.75, 3.05) is 31.6 Å². The normalized spacial score (nSPS) is 17.5.